The monoisotopic (exact) mass is 267 g/mol. The number of amides is 1. The van der Waals surface area contributed by atoms with Crippen LogP contribution in [-0.4, -0.2) is 44.6 Å². The van der Waals surface area contributed by atoms with Crippen molar-refractivity contribution in [2.24, 2.45) is 0 Å². The standard InChI is InChI=1S/C13H17NO3S/c1-13(2)8-14(6-7-18-13)12(17)11-9(15)4-3-5-10(11)16/h3-5,15-16H,6-8H2,1-2H3. The van der Waals surface area contributed by atoms with Crippen LogP contribution in [0.1, 0.15) is 24.2 Å². The van der Waals surface area contributed by atoms with Gasteiger partial charge in [-0.1, -0.05) is 6.07 Å². The first-order valence-electron chi connectivity index (χ1n) is 5.85. The van der Waals surface area contributed by atoms with E-state index in [2.05, 4.69) is 13.8 Å². The van der Waals surface area contributed by atoms with E-state index in [0.29, 0.717) is 13.1 Å². The van der Waals surface area contributed by atoms with Crippen LogP contribution in [0.5, 0.6) is 11.5 Å². The lowest BCUT2D eigenvalue weighted by Gasteiger charge is -2.37. The second-order valence-electron chi connectivity index (χ2n) is 5.01. The molecule has 5 heteroatoms. The van der Waals surface area contributed by atoms with Crippen molar-refractivity contribution < 1.29 is 15.0 Å². The van der Waals surface area contributed by atoms with Gasteiger partial charge in [-0.3, -0.25) is 4.79 Å². The third kappa shape index (κ3) is 2.56. The molecule has 2 rings (SSSR count). The second-order valence-corrected chi connectivity index (χ2v) is 6.81. The van der Waals surface area contributed by atoms with Crippen molar-refractivity contribution in [3.05, 3.63) is 23.8 Å². The van der Waals surface area contributed by atoms with E-state index >= 15 is 0 Å². The molecule has 1 aromatic carbocycles. The van der Waals surface area contributed by atoms with Gasteiger partial charge >= 0.3 is 0 Å². The zero-order chi connectivity index (χ0) is 13.3. The van der Waals surface area contributed by atoms with Gasteiger partial charge in [0.15, 0.2) is 0 Å². The fraction of sp³-hybridized carbons (Fsp3) is 0.462. The van der Waals surface area contributed by atoms with Crippen molar-refractivity contribution in [3.63, 3.8) is 0 Å². The Morgan fingerprint density at radius 2 is 1.94 bits per heavy atom. The van der Waals surface area contributed by atoms with E-state index < -0.39 is 0 Å². The highest BCUT2D eigenvalue weighted by Crippen LogP contribution is 2.33. The number of phenols is 2. The molecule has 18 heavy (non-hydrogen) atoms. The van der Waals surface area contributed by atoms with Gasteiger partial charge in [0.25, 0.3) is 5.91 Å². The van der Waals surface area contributed by atoms with Crippen molar-refractivity contribution >= 4 is 17.7 Å². The Hall–Kier alpha value is -1.36. The number of nitrogens with zero attached hydrogens (tertiary/aromatic N) is 1. The molecule has 4 nitrogen and oxygen atoms in total. The van der Waals surface area contributed by atoms with Crippen molar-refractivity contribution in [2.45, 2.75) is 18.6 Å². The molecule has 0 atom stereocenters. The van der Waals surface area contributed by atoms with Crippen LogP contribution in [-0.2, 0) is 0 Å². The minimum atomic E-state index is -0.307. The average molecular weight is 267 g/mol. The summed E-state index contributed by atoms with van der Waals surface area (Å²) in [5.41, 5.74) is 0.000185. The second kappa shape index (κ2) is 4.72. The third-order valence-corrected chi connectivity index (χ3v) is 4.24. The Bertz CT molecular complexity index is 453. The van der Waals surface area contributed by atoms with E-state index in [1.54, 1.807) is 4.90 Å². The summed E-state index contributed by atoms with van der Waals surface area (Å²) in [6.07, 6.45) is 0. The van der Waals surface area contributed by atoms with Gasteiger partial charge in [0.05, 0.1) is 0 Å². The lowest BCUT2D eigenvalue weighted by Crippen LogP contribution is -2.46. The molecule has 0 unspecified atom stereocenters. The first-order valence-corrected chi connectivity index (χ1v) is 6.83. The summed E-state index contributed by atoms with van der Waals surface area (Å²) in [7, 11) is 0. The Kier molecular flexibility index (Phi) is 3.43. The molecule has 0 aromatic heterocycles. The van der Waals surface area contributed by atoms with E-state index in [9.17, 15) is 15.0 Å². The third-order valence-electron chi connectivity index (χ3n) is 2.95. The maximum Gasteiger partial charge on any atom is 0.261 e. The van der Waals surface area contributed by atoms with E-state index in [1.165, 1.54) is 18.2 Å². The predicted molar refractivity (Wildman–Crippen MR) is 72.2 cm³/mol. The van der Waals surface area contributed by atoms with E-state index in [0.717, 1.165) is 5.75 Å². The number of thioether (sulfide) groups is 1. The molecular formula is C13H17NO3S. The fourth-order valence-corrected chi connectivity index (χ4v) is 3.21. The van der Waals surface area contributed by atoms with Gasteiger partial charge in [0, 0.05) is 23.6 Å². The van der Waals surface area contributed by atoms with Gasteiger partial charge in [-0.05, 0) is 26.0 Å². The summed E-state index contributed by atoms with van der Waals surface area (Å²) < 4.78 is 0.00787. The highest BCUT2D eigenvalue weighted by molar-refractivity contribution is 8.00. The molecule has 1 heterocycles. The largest absolute Gasteiger partial charge is 0.507 e. The van der Waals surface area contributed by atoms with Crippen LogP contribution in [0.15, 0.2) is 18.2 Å². The SMILES string of the molecule is CC1(C)CN(C(=O)c2c(O)cccc2O)CCS1. The molecule has 1 aliphatic heterocycles. The summed E-state index contributed by atoms with van der Waals surface area (Å²) in [4.78, 5) is 14.0. The van der Waals surface area contributed by atoms with Gasteiger partial charge in [0.2, 0.25) is 0 Å². The first-order chi connectivity index (χ1) is 8.41. The molecule has 1 saturated heterocycles. The average Bonchev–Trinajstić information content (AvgIpc) is 2.27. The summed E-state index contributed by atoms with van der Waals surface area (Å²) in [6.45, 7) is 5.43. The normalized spacial score (nSPS) is 18.7. The van der Waals surface area contributed by atoms with Crippen molar-refractivity contribution in [2.75, 3.05) is 18.8 Å². The van der Waals surface area contributed by atoms with E-state index in [4.69, 9.17) is 0 Å². The molecule has 1 aliphatic rings. The lowest BCUT2D eigenvalue weighted by atomic mass is 10.1. The lowest BCUT2D eigenvalue weighted by molar-refractivity contribution is 0.0742. The molecule has 0 radical (unpaired) electrons. The molecule has 0 bridgehead atoms. The smallest absolute Gasteiger partial charge is 0.261 e. The zero-order valence-electron chi connectivity index (χ0n) is 10.5. The van der Waals surface area contributed by atoms with E-state index in [-0.39, 0.29) is 27.7 Å². The number of phenolic OH excluding ortho intramolecular Hbond substituents is 2. The molecule has 2 N–H and O–H groups in total. The first kappa shape index (κ1) is 13.1. The number of rotatable bonds is 1. The Labute approximate surface area is 111 Å². The highest BCUT2D eigenvalue weighted by Gasteiger charge is 2.32. The topological polar surface area (TPSA) is 60.8 Å². The van der Waals surface area contributed by atoms with Gasteiger partial charge in [0.1, 0.15) is 17.1 Å². The summed E-state index contributed by atoms with van der Waals surface area (Å²) >= 11 is 1.83. The maximum absolute atomic E-state index is 12.3. The molecule has 0 aliphatic carbocycles. The zero-order valence-corrected chi connectivity index (χ0v) is 11.3. The minimum absolute atomic E-state index is 0.000185. The van der Waals surface area contributed by atoms with Crippen LogP contribution >= 0.6 is 11.8 Å². The molecule has 98 valence electrons. The van der Waals surface area contributed by atoms with Crippen LogP contribution in [0, 0.1) is 0 Å². The number of benzene rings is 1. The highest BCUT2D eigenvalue weighted by atomic mass is 32.2. The molecule has 1 aromatic rings. The number of aromatic hydroxyl groups is 2. The van der Waals surface area contributed by atoms with Crippen molar-refractivity contribution in [1.29, 1.82) is 0 Å². The molecule has 0 saturated carbocycles. The van der Waals surface area contributed by atoms with Gasteiger partial charge in [-0.2, -0.15) is 11.8 Å². The molecular weight excluding hydrogens is 250 g/mol. The number of hydrogen-bond acceptors (Lipinski definition) is 4. The van der Waals surface area contributed by atoms with Crippen LogP contribution in [0.25, 0.3) is 0 Å². The molecule has 1 amide bonds. The molecule has 0 spiro atoms. The number of hydrogen-bond donors (Lipinski definition) is 2. The van der Waals surface area contributed by atoms with Crippen LogP contribution < -0.4 is 0 Å². The Balaban J connectivity index is 2.26. The Morgan fingerprint density at radius 1 is 1.33 bits per heavy atom. The molecule has 1 fully saturated rings. The van der Waals surface area contributed by atoms with Gasteiger partial charge in [-0.25, -0.2) is 0 Å². The summed E-state index contributed by atoms with van der Waals surface area (Å²) in [5, 5.41) is 19.4. The maximum atomic E-state index is 12.3. The van der Waals surface area contributed by atoms with Gasteiger partial charge < -0.3 is 15.1 Å². The Morgan fingerprint density at radius 3 is 2.50 bits per heavy atom. The van der Waals surface area contributed by atoms with Gasteiger partial charge in [-0.15, -0.1) is 0 Å². The predicted octanol–water partition coefficient (Wildman–Crippen LogP) is 2.07. The van der Waals surface area contributed by atoms with Crippen LogP contribution in [0.3, 0.4) is 0 Å². The van der Waals surface area contributed by atoms with Crippen LogP contribution in [0.4, 0.5) is 0 Å². The number of carbonyl (C=O) groups is 1. The van der Waals surface area contributed by atoms with Crippen molar-refractivity contribution in [3.8, 4) is 11.5 Å². The fourth-order valence-electron chi connectivity index (χ4n) is 2.10. The summed E-state index contributed by atoms with van der Waals surface area (Å²) in [5.74, 6) is 0.221. The number of carbonyl (C=O) groups excluding carboxylic acids is 1. The summed E-state index contributed by atoms with van der Waals surface area (Å²) in [6, 6.07) is 4.34. The van der Waals surface area contributed by atoms with E-state index in [1.807, 2.05) is 11.8 Å². The van der Waals surface area contributed by atoms with Crippen molar-refractivity contribution in [1.82, 2.24) is 4.90 Å². The minimum Gasteiger partial charge on any atom is -0.507 e. The van der Waals surface area contributed by atoms with Crippen LogP contribution in [0.2, 0.25) is 0 Å². The quantitative estimate of drug-likeness (QED) is 0.817.